The number of hydroxylamine groups is 2. The Balaban J connectivity index is 2.04. The highest BCUT2D eigenvalue weighted by molar-refractivity contribution is 5.70. The summed E-state index contributed by atoms with van der Waals surface area (Å²) in [5, 5.41) is 9.90. The summed E-state index contributed by atoms with van der Waals surface area (Å²) in [5.41, 5.74) is 6.12. The first-order valence-electron chi connectivity index (χ1n) is 6.63. The zero-order valence-corrected chi connectivity index (χ0v) is 11.7. The van der Waals surface area contributed by atoms with E-state index in [0.29, 0.717) is 29.1 Å². The normalized spacial score (nSPS) is 20.4. The molecule has 0 aromatic heterocycles. The fraction of sp³-hybridized carbons (Fsp3) is 0.500. The molecule has 0 bridgehead atoms. The lowest BCUT2D eigenvalue weighted by atomic mass is 10.1. The van der Waals surface area contributed by atoms with E-state index < -0.39 is 6.03 Å². The van der Waals surface area contributed by atoms with E-state index in [1.165, 1.54) is 0 Å². The summed E-state index contributed by atoms with van der Waals surface area (Å²) in [6.07, 6.45) is 0.919. The number of urea groups is 1. The van der Waals surface area contributed by atoms with Gasteiger partial charge in [-0.05, 0) is 42.9 Å². The molecule has 2 amide bonds. The van der Waals surface area contributed by atoms with E-state index >= 15 is 0 Å². The van der Waals surface area contributed by atoms with E-state index in [4.69, 9.17) is 15.2 Å². The van der Waals surface area contributed by atoms with Crippen LogP contribution in [0.1, 0.15) is 24.8 Å². The van der Waals surface area contributed by atoms with Crippen molar-refractivity contribution >= 4 is 6.03 Å². The van der Waals surface area contributed by atoms with Crippen molar-refractivity contribution in [3.63, 3.8) is 0 Å². The monoisotopic (exact) mass is 280 g/mol. The van der Waals surface area contributed by atoms with E-state index in [1.54, 1.807) is 7.11 Å². The largest absolute Gasteiger partial charge is 0.493 e. The molecule has 1 aromatic rings. The van der Waals surface area contributed by atoms with Crippen molar-refractivity contribution in [1.82, 2.24) is 5.06 Å². The third-order valence-electron chi connectivity index (χ3n) is 3.50. The van der Waals surface area contributed by atoms with Gasteiger partial charge in [0.1, 0.15) is 0 Å². The molecule has 0 aliphatic heterocycles. The van der Waals surface area contributed by atoms with Crippen LogP contribution in [0.4, 0.5) is 4.79 Å². The minimum atomic E-state index is -0.819. The van der Waals surface area contributed by atoms with Crippen LogP contribution in [0.3, 0.4) is 0 Å². The third-order valence-corrected chi connectivity index (χ3v) is 3.50. The maximum atomic E-state index is 10.8. The Bertz CT molecular complexity index is 492. The van der Waals surface area contributed by atoms with Gasteiger partial charge in [0, 0.05) is 0 Å². The molecule has 3 N–H and O–H groups in total. The molecule has 2 rings (SSSR count). The predicted molar refractivity (Wildman–Crippen MR) is 73.1 cm³/mol. The van der Waals surface area contributed by atoms with Gasteiger partial charge in [0.2, 0.25) is 0 Å². The number of nitrogens with zero attached hydrogens (tertiary/aromatic N) is 1. The lowest BCUT2D eigenvalue weighted by Gasteiger charge is -2.13. The third kappa shape index (κ3) is 3.14. The number of methoxy groups -OCH3 is 1. The van der Waals surface area contributed by atoms with Gasteiger partial charge < -0.3 is 15.2 Å². The van der Waals surface area contributed by atoms with Crippen LogP contribution >= 0.6 is 0 Å². The first-order valence-corrected chi connectivity index (χ1v) is 6.63. The number of carbonyl (C=O) groups is 1. The number of amides is 2. The summed E-state index contributed by atoms with van der Waals surface area (Å²) < 4.78 is 10.8. The highest BCUT2D eigenvalue weighted by Crippen LogP contribution is 2.49. The maximum absolute atomic E-state index is 10.8. The highest BCUT2D eigenvalue weighted by Gasteiger charge is 2.40. The molecule has 0 spiro atoms. The van der Waals surface area contributed by atoms with Crippen LogP contribution in [-0.4, -0.2) is 36.6 Å². The topological polar surface area (TPSA) is 85.0 Å². The Hall–Kier alpha value is -1.95. The van der Waals surface area contributed by atoms with Gasteiger partial charge in [0.15, 0.2) is 11.5 Å². The summed E-state index contributed by atoms with van der Waals surface area (Å²) >= 11 is 0. The van der Waals surface area contributed by atoms with Gasteiger partial charge in [-0.2, -0.15) is 0 Å². The SMILES string of the molecule is CCOc1cc(C2CC2CN(O)C(N)=O)ccc1OC. The molecule has 0 heterocycles. The van der Waals surface area contributed by atoms with Crippen LogP contribution in [-0.2, 0) is 0 Å². The van der Waals surface area contributed by atoms with Gasteiger partial charge >= 0.3 is 6.03 Å². The second-order valence-electron chi connectivity index (χ2n) is 4.87. The zero-order chi connectivity index (χ0) is 14.7. The van der Waals surface area contributed by atoms with Gasteiger partial charge in [-0.25, -0.2) is 9.86 Å². The minimum Gasteiger partial charge on any atom is -0.493 e. The molecule has 110 valence electrons. The Kier molecular flexibility index (Phi) is 4.34. The van der Waals surface area contributed by atoms with E-state index in [0.717, 1.165) is 12.0 Å². The second kappa shape index (κ2) is 6.00. The van der Waals surface area contributed by atoms with Crippen molar-refractivity contribution in [2.75, 3.05) is 20.3 Å². The van der Waals surface area contributed by atoms with E-state index in [1.807, 2.05) is 25.1 Å². The molecule has 0 saturated heterocycles. The smallest absolute Gasteiger partial charge is 0.338 e. The number of hydrogen-bond donors (Lipinski definition) is 2. The molecule has 1 aliphatic carbocycles. The van der Waals surface area contributed by atoms with Crippen molar-refractivity contribution < 1.29 is 19.5 Å². The van der Waals surface area contributed by atoms with Gasteiger partial charge in [0.25, 0.3) is 0 Å². The van der Waals surface area contributed by atoms with Crippen LogP contribution in [0, 0.1) is 5.92 Å². The number of primary amides is 1. The van der Waals surface area contributed by atoms with Crippen LogP contribution in [0.25, 0.3) is 0 Å². The molecule has 6 nitrogen and oxygen atoms in total. The Morgan fingerprint density at radius 3 is 2.85 bits per heavy atom. The maximum Gasteiger partial charge on any atom is 0.338 e. The van der Waals surface area contributed by atoms with Crippen LogP contribution < -0.4 is 15.2 Å². The first-order chi connectivity index (χ1) is 9.56. The van der Waals surface area contributed by atoms with Crippen LogP contribution in [0.2, 0.25) is 0 Å². The van der Waals surface area contributed by atoms with E-state index in [9.17, 15) is 10.0 Å². The van der Waals surface area contributed by atoms with Crippen LogP contribution in [0.15, 0.2) is 18.2 Å². The number of carbonyl (C=O) groups excluding carboxylic acids is 1. The van der Waals surface area contributed by atoms with Gasteiger partial charge in [0.05, 0.1) is 20.3 Å². The van der Waals surface area contributed by atoms with Crippen molar-refractivity contribution in [2.24, 2.45) is 11.7 Å². The molecule has 0 radical (unpaired) electrons. The Labute approximate surface area is 118 Å². The average Bonchev–Trinajstić information content (AvgIpc) is 3.18. The van der Waals surface area contributed by atoms with Gasteiger partial charge in [-0.3, -0.25) is 5.21 Å². The molecular weight excluding hydrogens is 260 g/mol. The van der Waals surface area contributed by atoms with Gasteiger partial charge in [-0.1, -0.05) is 6.07 Å². The molecule has 1 fully saturated rings. The lowest BCUT2D eigenvalue weighted by Crippen LogP contribution is -2.34. The summed E-state index contributed by atoms with van der Waals surface area (Å²) in [6.45, 7) is 2.75. The quantitative estimate of drug-likeness (QED) is 0.616. The number of ether oxygens (including phenoxy) is 2. The van der Waals surface area contributed by atoms with Gasteiger partial charge in [-0.15, -0.1) is 0 Å². The molecule has 1 aromatic carbocycles. The van der Waals surface area contributed by atoms with Crippen LogP contribution in [0.5, 0.6) is 11.5 Å². The molecule has 2 atom stereocenters. The zero-order valence-electron chi connectivity index (χ0n) is 11.7. The summed E-state index contributed by atoms with van der Waals surface area (Å²) in [6, 6.07) is 5.00. The fourth-order valence-electron chi connectivity index (χ4n) is 2.36. The lowest BCUT2D eigenvalue weighted by molar-refractivity contribution is -0.0431. The molecule has 20 heavy (non-hydrogen) atoms. The number of nitrogens with two attached hydrogens (primary N) is 1. The van der Waals surface area contributed by atoms with Crippen molar-refractivity contribution in [3.05, 3.63) is 23.8 Å². The molecule has 2 unspecified atom stereocenters. The molecule has 6 heteroatoms. The minimum absolute atomic E-state index is 0.232. The number of rotatable bonds is 6. The summed E-state index contributed by atoms with van der Waals surface area (Å²) in [5.74, 6) is 1.96. The molecule has 1 saturated carbocycles. The van der Waals surface area contributed by atoms with Crippen molar-refractivity contribution in [1.29, 1.82) is 0 Å². The van der Waals surface area contributed by atoms with E-state index in [-0.39, 0.29) is 12.5 Å². The van der Waals surface area contributed by atoms with Crippen molar-refractivity contribution in [3.8, 4) is 11.5 Å². The van der Waals surface area contributed by atoms with Crippen molar-refractivity contribution in [2.45, 2.75) is 19.3 Å². The number of benzene rings is 1. The highest BCUT2D eigenvalue weighted by atomic mass is 16.5. The second-order valence-corrected chi connectivity index (χ2v) is 4.87. The molecular formula is C14H20N2O4. The average molecular weight is 280 g/mol. The predicted octanol–water partition coefficient (Wildman–Crippen LogP) is 1.97. The summed E-state index contributed by atoms with van der Waals surface area (Å²) in [4.78, 5) is 10.8. The van der Waals surface area contributed by atoms with E-state index in [2.05, 4.69) is 0 Å². The first kappa shape index (κ1) is 14.5. The Morgan fingerprint density at radius 1 is 1.50 bits per heavy atom. The molecule has 1 aliphatic rings. The standard InChI is InChI=1S/C14H20N2O4/c1-3-20-13-7-9(4-5-12(13)19-2)11-6-10(11)8-16(18)14(15)17/h4-5,7,10-11,18H,3,6,8H2,1-2H3,(H2,15,17). The summed E-state index contributed by atoms with van der Waals surface area (Å²) in [7, 11) is 1.61. The number of hydrogen-bond acceptors (Lipinski definition) is 4. The Morgan fingerprint density at radius 2 is 2.25 bits per heavy atom. The fourth-order valence-corrected chi connectivity index (χ4v) is 2.36.